The van der Waals surface area contributed by atoms with Gasteiger partial charge in [0.25, 0.3) is 5.91 Å². The zero-order valence-electron chi connectivity index (χ0n) is 10.9. The second-order valence-corrected chi connectivity index (χ2v) is 5.05. The number of carbonyl (C=O) groups excluding carboxylic acids is 1. The Morgan fingerprint density at radius 2 is 2.19 bits per heavy atom. The molecular weight excluding hydrogens is 338 g/mol. The number of rotatable bonds is 3. The molecule has 0 aliphatic heterocycles. The molecule has 0 fully saturated rings. The summed E-state index contributed by atoms with van der Waals surface area (Å²) in [5, 5.41) is 14.1. The molecule has 0 spiro atoms. The highest BCUT2D eigenvalue weighted by Gasteiger charge is 2.12. The molecule has 21 heavy (non-hydrogen) atoms. The van der Waals surface area contributed by atoms with Gasteiger partial charge in [-0.3, -0.25) is 4.79 Å². The van der Waals surface area contributed by atoms with Crippen LogP contribution >= 0.6 is 15.9 Å². The second kappa shape index (κ2) is 5.49. The Balaban J connectivity index is 1.84. The summed E-state index contributed by atoms with van der Waals surface area (Å²) in [6.45, 7) is 0. The molecule has 8 heteroatoms. The van der Waals surface area contributed by atoms with Crippen molar-refractivity contribution < 1.29 is 9.21 Å². The number of nitrogens with zero attached hydrogens (tertiary/aromatic N) is 4. The van der Waals surface area contributed by atoms with Crippen LogP contribution in [0.3, 0.4) is 0 Å². The fourth-order valence-electron chi connectivity index (χ4n) is 1.84. The quantitative estimate of drug-likeness (QED) is 0.786. The number of carbonyl (C=O) groups is 1. The number of anilines is 1. The van der Waals surface area contributed by atoms with Gasteiger partial charge in [-0.1, -0.05) is 12.1 Å². The van der Waals surface area contributed by atoms with E-state index in [2.05, 4.69) is 36.8 Å². The third-order valence-corrected chi connectivity index (χ3v) is 3.22. The largest absolute Gasteiger partial charge is 0.444 e. The van der Waals surface area contributed by atoms with E-state index in [9.17, 15) is 4.79 Å². The molecule has 1 amide bonds. The van der Waals surface area contributed by atoms with Crippen LogP contribution in [-0.4, -0.2) is 26.1 Å². The van der Waals surface area contributed by atoms with Crippen molar-refractivity contribution in [1.29, 1.82) is 0 Å². The fraction of sp³-hybridized carbons (Fsp3) is 0.0769. The summed E-state index contributed by atoms with van der Waals surface area (Å²) in [4.78, 5) is 12.0. The maximum absolute atomic E-state index is 12.0. The lowest BCUT2D eigenvalue weighted by Crippen LogP contribution is -2.10. The number of hydrogen-bond acceptors (Lipinski definition) is 5. The van der Waals surface area contributed by atoms with Gasteiger partial charge in [0, 0.05) is 18.3 Å². The number of aromatic nitrogens is 4. The van der Waals surface area contributed by atoms with Gasteiger partial charge in [-0.25, -0.2) is 4.68 Å². The van der Waals surface area contributed by atoms with Gasteiger partial charge >= 0.3 is 0 Å². The Morgan fingerprint density at radius 3 is 2.86 bits per heavy atom. The molecule has 2 heterocycles. The van der Waals surface area contributed by atoms with Crippen molar-refractivity contribution in [2.75, 3.05) is 5.32 Å². The first-order valence-corrected chi connectivity index (χ1v) is 6.82. The highest BCUT2D eigenvalue weighted by molar-refractivity contribution is 9.10. The zero-order valence-corrected chi connectivity index (χ0v) is 12.5. The van der Waals surface area contributed by atoms with Crippen LogP contribution in [0.5, 0.6) is 0 Å². The van der Waals surface area contributed by atoms with E-state index in [-0.39, 0.29) is 11.7 Å². The standard InChI is InChI=1S/C13H10BrN5O2/c1-19-12(16-17-18-19)8-3-2-4-9(7-8)15-13(20)10-5-6-11(14)21-10/h2-7H,1H3,(H,15,20). The molecule has 0 unspecified atom stereocenters. The van der Waals surface area contributed by atoms with Crippen molar-refractivity contribution in [3.63, 3.8) is 0 Å². The minimum absolute atomic E-state index is 0.229. The van der Waals surface area contributed by atoms with Crippen LogP contribution in [0.2, 0.25) is 0 Å². The maximum Gasteiger partial charge on any atom is 0.291 e. The number of aryl methyl sites for hydroxylation is 1. The number of furan rings is 1. The van der Waals surface area contributed by atoms with Crippen molar-refractivity contribution >= 4 is 27.5 Å². The Kier molecular flexibility index (Phi) is 3.53. The molecule has 0 aliphatic carbocycles. The molecule has 0 radical (unpaired) electrons. The first-order chi connectivity index (χ1) is 10.1. The Morgan fingerprint density at radius 1 is 1.33 bits per heavy atom. The average Bonchev–Trinajstić information content (AvgIpc) is 3.08. The lowest BCUT2D eigenvalue weighted by atomic mass is 10.2. The van der Waals surface area contributed by atoms with Gasteiger partial charge in [-0.2, -0.15) is 0 Å². The lowest BCUT2D eigenvalue weighted by Gasteiger charge is -2.05. The number of tetrazole rings is 1. The molecule has 0 bridgehead atoms. The molecule has 0 aliphatic rings. The van der Waals surface area contributed by atoms with Crippen LogP contribution in [0.25, 0.3) is 11.4 Å². The van der Waals surface area contributed by atoms with Gasteiger partial charge in [0.05, 0.1) is 0 Å². The molecule has 3 aromatic rings. The van der Waals surface area contributed by atoms with E-state index in [1.165, 1.54) is 0 Å². The topological polar surface area (TPSA) is 85.8 Å². The number of nitrogens with one attached hydrogen (secondary N) is 1. The molecule has 1 N–H and O–H groups in total. The van der Waals surface area contributed by atoms with Crippen molar-refractivity contribution in [3.8, 4) is 11.4 Å². The van der Waals surface area contributed by atoms with Crippen molar-refractivity contribution in [2.24, 2.45) is 7.05 Å². The lowest BCUT2D eigenvalue weighted by molar-refractivity contribution is 0.0995. The third-order valence-electron chi connectivity index (χ3n) is 2.80. The van der Waals surface area contributed by atoms with Crippen molar-refractivity contribution in [1.82, 2.24) is 20.2 Å². The summed E-state index contributed by atoms with van der Waals surface area (Å²) >= 11 is 3.16. The van der Waals surface area contributed by atoms with Crippen LogP contribution in [0.1, 0.15) is 10.6 Å². The summed E-state index contributed by atoms with van der Waals surface area (Å²) in [5.74, 6) is 0.522. The van der Waals surface area contributed by atoms with E-state index in [1.54, 1.807) is 36.0 Å². The van der Waals surface area contributed by atoms with Crippen LogP contribution < -0.4 is 5.32 Å². The highest BCUT2D eigenvalue weighted by Crippen LogP contribution is 2.21. The minimum Gasteiger partial charge on any atom is -0.444 e. The van der Waals surface area contributed by atoms with E-state index in [0.29, 0.717) is 16.2 Å². The van der Waals surface area contributed by atoms with Crippen LogP contribution in [0, 0.1) is 0 Å². The Labute approximate surface area is 128 Å². The molecule has 3 rings (SSSR count). The maximum atomic E-state index is 12.0. The average molecular weight is 348 g/mol. The van der Waals surface area contributed by atoms with E-state index in [4.69, 9.17) is 4.42 Å². The molecule has 0 saturated heterocycles. The normalized spacial score (nSPS) is 10.6. The van der Waals surface area contributed by atoms with Gasteiger partial charge in [0.1, 0.15) is 0 Å². The third kappa shape index (κ3) is 2.84. The zero-order chi connectivity index (χ0) is 14.8. The summed E-state index contributed by atoms with van der Waals surface area (Å²) in [6, 6.07) is 10.5. The molecular formula is C13H10BrN5O2. The van der Waals surface area contributed by atoms with Gasteiger partial charge in [-0.05, 0) is 50.6 Å². The Bertz CT molecular complexity index is 795. The van der Waals surface area contributed by atoms with Crippen LogP contribution in [-0.2, 0) is 7.05 Å². The smallest absolute Gasteiger partial charge is 0.291 e. The predicted octanol–water partition coefficient (Wildman–Crippen LogP) is 2.48. The fourth-order valence-corrected chi connectivity index (χ4v) is 2.15. The van der Waals surface area contributed by atoms with Crippen LogP contribution in [0.15, 0.2) is 45.5 Å². The van der Waals surface area contributed by atoms with Crippen LogP contribution in [0.4, 0.5) is 5.69 Å². The summed E-state index contributed by atoms with van der Waals surface area (Å²) in [7, 11) is 1.75. The highest BCUT2D eigenvalue weighted by atomic mass is 79.9. The van der Waals surface area contributed by atoms with Gasteiger partial charge in [0.2, 0.25) is 0 Å². The molecule has 7 nitrogen and oxygen atoms in total. The molecule has 0 atom stereocenters. The predicted molar refractivity (Wildman–Crippen MR) is 78.6 cm³/mol. The first kappa shape index (κ1) is 13.5. The number of amides is 1. The first-order valence-electron chi connectivity index (χ1n) is 6.03. The minimum atomic E-state index is -0.325. The molecule has 0 saturated carbocycles. The molecule has 2 aromatic heterocycles. The Hall–Kier alpha value is -2.48. The number of benzene rings is 1. The summed E-state index contributed by atoms with van der Waals surface area (Å²) in [5.41, 5.74) is 1.44. The summed E-state index contributed by atoms with van der Waals surface area (Å²) < 4.78 is 7.27. The molecule has 106 valence electrons. The number of halogens is 1. The van der Waals surface area contributed by atoms with Gasteiger partial charge in [0.15, 0.2) is 16.3 Å². The van der Waals surface area contributed by atoms with Gasteiger partial charge in [-0.15, -0.1) is 5.10 Å². The second-order valence-electron chi connectivity index (χ2n) is 4.26. The van der Waals surface area contributed by atoms with Gasteiger partial charge < -0.3 is 9.73 Å². The van der Waals surface area contributed by atoms with Crippen molar-refractivity contribution in [3.05, 3.63) is 46.8 Å². The number of hydrogen-bond donors (Lipinski definition) is 1. The monoisotopic (exact) mass is 347 g/mol. The molecule has 1 aromatic carbocycles. The van der Waals surface area contributed by atoms with E-state index >= 15 is 0 Å². The van der Waals surface area contributed by atoms with E-state index in [1.807, 2.05) is 12.1 Å². The SMILES string of the molecule is Cn1nnnc1-c1cccc(NC(=O)c2ccc(Br)o2)c1. The summed E-state index contributed by atoms with van der Waals surface area (Å²) in [6.07, 6.45) is 0. The van der Waals surface area contributed by atoms with E-state index in [0.717, 1.165) is 5.56 Å². The van der Waals surface area contributed by atoms with E-state index < -0.39 is 0 Å². The van der Waals surface area contributed by atoms with Crippen molar-refractivity contribution in [2.45, 2.75) is 0 Å².